The molecule has 9 heteroatoms. The van der Waals surface area contributed by atoms with Crippen LogP contribution in [0.1, 0.15) is 40.9 Å². The highest BCUT2D eigenvalue weighted by Gasteiger charge is 2.18. The fourth-order valence-electron chi connectivity index (χ4n) is 4.36. The molecule has 0 aliphatic rings. The Morgan fingerprint density at radius 2 is 1.44 bits per heavy atom. The van der Waals surface area contributed by atoms with Crippen molar-refractivity contribution in [3.8, 4) is 0 Å². The van der Waals surface area contributed by atoms with Gasteiger partial charge in [0.05, 0.1) is 10.9 Å². The number of fused-ring (bicyclic) bond motifs is 1. The lowest BCUT2D eigenvalue weighted by Gasteiger charge is -2.18. The van der Waals surface area contributed by atoms with Crippen molar-refractivity contribution in [3.05, 3.63) is 125 Å². The van der Waals surface area contributed by atoms with Gasteiger partial charge in [-0.25, -0.2) is 8.42 Å². The summed E-state index contributed by atoms with van der Waals surface area (Å²) in [6, 6.07) is 28.5. The summed E-state index contributed by atoms with van der Waals surface area (Å²) in [6.45, 7) is 1.98. The van der Waals surface area contributed by atoms with Crippen molar-refractivity contribution in [3.63, 3.8) is 0 Å². The van der Waals surface area contributed by atoms with E-state index in [1.807, 2.05) is 49.4 Å². The van der Waals surface area contributed by atoms with Crippen molar-refractivity contribution in [1.29, 1.82) is 0 Å². The molecule has 4 rings (SSSR count). The Hall–Kier alpha value is -4.76. The molecule has 0 aliphatic heterocycles. The van der Waals surface area contributed by atoms with E-state index in [2.05, 4.69) is 16.0 Å². The minimum Gasteiger partial charge on any atom is -0.348 e. The molecule has 0 radical (unpaired) electrons. The normalized spacial score (nSPS) is 12.1. The maximum Gasteiger partial charge on any atom is 0.309 e. The third-order valence-electron chi connectivity index (χ3n) is 6.49. The summed E-state index contributed by atoms with van der Waals surface area (Å²) in [5, 5.41) is 11.3. The van der Waals surface area contributed by atoms with Gasteiger partial charge in [-0.15, -0.1) is 0 Å². The number of carbonyl (C=O) groups is 3. The van der Waals surface area contributed by atoms with Crippen molar-refractivity contribution in [2.75, 3.05) is 6.54 Å². The van der Waals surface area contributed by atoms with Crippen LogP contribution >= 0.6 is 0 Å². The number of nitrogens with one attached hydrogen (secondary N) is 3. The summed E-state index contributed by atoms with van der Waals surface area (Å²) in [7, 11) is -3.57. The highest BCUT2D eigenvalue weighted by atomic mass is 32.2. The molecule has 41 heavy (non-hydrogen) atoms. The summed E-state index contributed by atoms with van der Waals surface area (Å²) in [5.74, 6) is -2.00. The molecule has 0 saturated heterocycles. The van der Waals surface area contributed by atoms with Crippen molar-refractivity contribution in [2.45, 2.75) is 30.8 Å². The molecule has 0 aliphatic carbocycles. The minimum atomic E-state index is -3.57. The Labute approximate surface area is 239 Å². The first kappa shape index (κ1) is 29.2. The quantitative estimate of drug-likeness (QED) is 0.193. The zero-order valence-corrected chi connectivity index (χ0v) is 23.4. The zero-order valence-electron chi connectivity index (χ0n) is 22.5. The molecule has 210 valence electrons. The number of hydrogen-bond acceptors (Lipinski definition) is 5. The molecule has 0 saturated carbocycles. The highest BCUT2D eigenvalue weighted by Crippen LogP contribution is 2.24. The first-order chi connectivity index (χ1) is 19.8. The second-order valence-corrected chi connectivity index (χ2v) is 11.2. The number of carbonyl (C=O) groups excluding carboxylic acids is 3. The fraction of sp³-hybridized carbons (Fsp3) is 0.156. The molecule has 1 atom stereocenters. The van der Waals surface area contributed by atoms with E-state index in [-0.39, 0.29) is 36.4 Å². The van der Waals surface area contributed by atoms with E-state index in [1.165, 1.54) is 18.2 Å². The van der Waals surface area contributed by atoms with E-state index in [0.717, 1.165) is 21.7 Å². The minimum absolute atomic E-state index is 0.0201. The molecular weight excluding hydrogens is 538 g/mol. The summed E-state index contributed by atoms with van der Waals surface area (Å²) < 4.78 is 24.5. The Kier molecular flexibility index (Phi) is 9.65. The third-order valence-corrected chi connectivity index (χ3v) is 7.97. The SMILES string of the molecule is C[C@@H](NC(=O)c1ccccc1CNC(=O)C(=O)NCC/C=C/S(=O)(=O)c1ccccc1)c1cccc2ccccc12. The van der Waals surface area contributed by atoms with Crippen LogP contribution in [0.5, 0.6) is 0 Å². The standard InChI is InChI=1S/C32H31N3O5S/c1-23(27-19-11-14-24-12-5-7-17-28(24)27)35-30(36)29-18-8-6-13-25(29)22-34-32(38)31(37)33-20-9-10-21-41(39,40)26-15-3-2-4-16-26/h2-8,10-19,21,23H,9,20,22H2,1H3,(H,33,37)(H,34,38)(H,35,36)/b21-10+/t23-/m1/s1. The van der Waals surface area contributed by atoms with Gasteiger partial charge in [-0.1, -0.05) is 84.9 Å². The summed E-state index contributed by atoms with van der Waals surface area (Å²) in [4.78, 5) is 37.9. The largest absolute Gasteiger partial charge is 0.348 e. The maximum absolute atomic E-state index is 13.2. The van der Waals surface area contributed by atoms with Gasteiger partial charge in [-0.2, -0.15) is 0 Å². The first-order valence-corrected chi connectivity index (χ1v) is 14.7. The molecule has 0 unspecified atom stereocenters. The fourth-order valence-corrected chi connectivity index (χ4v) is 5.45. The van der Waals surface area contributed by atoms with Crippen LogP contribution in [-0.2, 0) is 26.0 Å². The number of amides is 3. The molecule has 0 heterocycles. The molecule has 4 aromatic carbocycles. The number of hydrogen-bond donors (Lipinski definition) is 3. The van der Waals surface area contributed by atoms with Crippen molar-refractivity contribution in [2.24, 2.45) is 0 Å². The molecule has 3 amide bonds. The average molecular weight is 570 g/mol. The molecule has 4 aromatic rings. The molecule has 3 N–H and O–H groups in total. The number of rotatable bonds is 10. The van der Waals surface area contributed by atoms with Crippen LogP contribution < -0.4 is 16.0 Å². The van der Waals surface area contributed by atoms with Crippen LogP contribution in [-0.4, -0.2) is 32.7 Å². The second kappa shape index (κ2) is 13.5. The summed E-state index contributed by atoms with van der Waals surface area (Å²) in [6.07, 6.45) is 1.65. The van der Waals surface area contributed by atoms with E-state index in [4.69, 9.17) is 0 Å². The Balaban J connectivity index is 1.29. The zero-order chi connectivity index (χ0) is 29.2. The van der Waals surface area contributed by atoms with Crippen molar-refractivity contribution in [1.82, 2.24) is 16.0 Å². The van der Waals surface area contributed by atoms with E-state index >= 15 is 0 Å². The Morgan fingerprint density at radius 1 is 0.780 bits per heavy atom. The molecule has 0 aromatic heterocycles. The lowest BCUT2D eigenvalue weighted by atomic mass is 9.99. The van der Waals surface area contributed by atoms with Crippen LogP contribution in [0, 0.1) is 0 Å². The van der Waals surface area contributed by atoms with Gasteiger partial charge in [0.15, 0.2) is 9.84 Å². The molecular formula is C32H31N3O5S. The third kappa shape index (κ3) is 7.67. The van der Waals surface area contributed by atoms with Gasteiger partial charge < -0.3 is 16.0 Å². The van der Waals surface area contributed by atoms with Gasteiger partial charge in [0.2, 0.25) is 0 Å². The van der Waals surface area contributed by atoms with Gasteiger partial charge in [0.1, 0.15) is 0 Å². The smallest absolute Gasteiger partial charge is 0.309 e. The Morgan fingerprint density at radius 3 is 2.24 bits per heavy atom. The average Bonchev–Trinajstić information content (AvgIpc) is 2.99. The predicted octanol–water partition coefficient (Wildman–Crippen LogP) is 4.44. The maximum atomic E-state index is 13.2. The Bertz CT molecular complexity index is 1680. The lowest BCUT2D eigenvalue weighted by molar-refractivity contribution is -0.139. The number of sulfone groups is 1. The van der Waals surface area contributed by atoms with Gasteiger partial charge in [-0.3, -0.25) is 14.4 Å². The first-order valence-electron chi connectivity index (χ1n) is 13.2. The second-order valence-electron chi connectivity index (χ2n) is 9.38. The van der Waals surface area contributed by atoms with Crippen molar-refractivity contribution < 1.29 is 22.8 Å². The predicted molar refractivity (Wildman–Crippen MR) is 159 cm³/mol. The van der Waals surface area contributed by atoms with Crippen LogP contribution in [0.2, 0.25) is 0 Å². The van der Waals surface area contributed by atoms with Gasteiger partial charge in [-0.05, 0) is 53.4 Å². The highest BCUT2D eigenvalue weighted by molar-refractivity contribution is 7.94. The van der Waals surface area contributed by atoms with Gasteiger partial charge in [0.25, 0.3) is 5.91 Å². The van der Waals surface area contributed by atoms with E-state index in [0.29, 0.717) is 11.1 Å². The van der Waals surface area contributed by atoms with E-state index in [1.54, 1.807) is 42.5 Å². The molecule has 0 bridgehead atoms. The number of benzene rings is 4. The van der Waals surface area contributed by atoms with Crippen LogP contribution in [0.15, 0.2) is 113 Å². The van der Waals surface area contributed by atoms with Crippen LogP contribution in [0.3, 0.4) is 0 Å². The van der Waals surface area contributed by atoms with Crippen LogP contribution in [0.4, 0.5) is 0 Å². The topological polar surface area (TPSA) is 121 Å². The summed E-state index contributed by atoms with van der Waals surface area (Å²) in [5.41, 5.74) is 1.95. The van der Waals surface area contributed by atoms with Gasteiger partial charge >= 0.3 is 11.8 Å². The lowest BCUT2D eigenvalue weighted by Crippen LogP contribution is -2.40. The van der Waals surface area contributed by atoms with Crippen LogP contribution in [0.25, 0.3) is 10.8 Å². The van der Waals surface area contributed by atoms with E-state index < -0.39 is 21.7 Å². The van der Waals surface area contributed by atoms with E-state index in [9.17, 15) is 22.8 Å². The molecule has 0 spiro atoms. The molecule has 8 nitrogen and oxygen atoms in total. The summed E-state index contributed by atoms with van der Waals surface area (Å²) >= 11 is 0. The van der Waals surface area contributed by atoms with Crippen molar-refractivity contribution >= 4 is 38.3 Å². The molecule has 0 fully saturated rings. The van der Waals surface area contributed by atoms with Gasteiger partial charge in [0, 0.05) is 24.1 Å². The monoisotopic (exact) mass is 569 g/mol.